The summed E-state index contributed by atoms with van der Waals surface area (Å²) in [6, 6.07) is 5.13. The number of anilines is 1. The van der Waals surface area contributed by atoms with Crippen LogP contribution in [-0.4, -0.2) is 44.4 Å². The van der Waals surface area contributed by atoms with Crippen LogP contribution >= 0.6 is 0 Å². The van der Waals surface area contributed by atoms with E-state index in [0.29, 0.717) is 13.1 Å². The molecule has 1 aromatic carbocycles. The molecule has 0 aliphatic carbocycles. The Hall–Kier alpha value is -1.76. The molecular weight excluding hydrogens is 328 g/mol. The molecule has 1 amide bonds. The summed E-state index contributed by atoms with van der Waals surface area (Å²) in [6.07, 6.45) is 2.47. The maximum Gasteiger partial charge on any atom is 0.410 e. The molecule has 1 heterocycles. The molecule has 1 aromatic rings. The van der Waals surface area contributed by atoms with Gasteiger partial charge in [0.25, 0.3) is 0 Å². The van der Waals surface area contributed by atoms with E-state index in [0.717, 1.165) is 24.7 Å². The summed E-state index contributed by atoms with van der Waals surface area (Å²) < 4.78 is 28.7. The highest BCUT2D eigenvalue weighted by atomic mass is 32.2. The summed E-state index contributed by atoms with van der Waals surface area (Å²) in [5.41, 5.74) is 6.70. The molecule has 1 saturated heterocycles. The van der Waals surface area contributed by atoms with Crippen molar-refractivity contribution in [3.05, 3.63) is 23.8 Å². The van der Waals surface area contributed by atoms with E-state index >= 15 is 0 Å². The van der Waals surface area contributed by atoms with Gasteiger partial charge in [-0.3, -0.25) is 0 Å². The minimum Gasteiger partial charge on any atom is -0.444 e. The largest absolute Gasteiger partial charge is 0.444 e. The third kappa shape index (κ3) is 4.63. The zero-order valence-electron chi connectivity index (χ0n) is 14.7. The van der Waals surface area contributed by atoms with Crippen LogP contribution in [0.3, 0.4) is 0 Å². The molecule has 0 radical (unpaired) electrons. The lowest BCUT2D eigenvalue weighted by Gasteiger charge is -2.33. The first-order valence-electron chi connectivity index (χ1n) is 8.05. The van der Waals surface area contributed by atoms with Gasteiger partial charge in [-0.05, 0) is 57.2 Å². The summed E-state index contributed by atoms with van der Waals surface area (Å²) in [5, 5.41) is 0. The summed E-state index contributed by atoms with van der Waals surface area (Å²) in [5.74, 6) is 0.264. The number of rotatable bonds is 2. The fourth-order valence-corrected chi connectivity index (χ4v) is 3.68. The molecule has 0 saturated carbocycles. The van der Waals surface area contributed by atoms with Gasteiger partial charge in [0.1, 0.15) is 5.60 Å². The van der Waals surface area contributed by atoms with Gasteiger partial charge in [-0.25, -0.2) is 13.2 Å². The summed E-state index contributed by atoms with van der Waals surface area (Å²) in [4.78, 5) is 14.0. The minimum absolute atomic E-state index is 0.164. The molecular formula is C17H26N2O4S. The Morgan fingerprint density at radius 2 is 1.83 bits per heavy atom. The highest BCUT2D eigenvalue weighted by Gasteiger charge is 2.27. The van der Waals surface area contributed by atoms with E-state index < -0.39 is 15.4 Å². The number of sulfone groups is 1. The Bertz CT molecular complexity index is 715. The molecule has 1 aliphatic rings. The monoisotopic (exact) mass is 354 g/mol. The number of carbonyl (C=O) groups excluding carboxylic acids is 1. The standard InChI is InChI=1S/C17H26N2O4S/c1-17(2,3)23-16(20)19-9-7-12(8-10-19)13-5-6-15(14(18)11-13)24(4,21)22/h5-6,11-12H,7-10,18H2,1-4H3. The van der Waals surface area contributed by atoms with Gasteiger partial charge in [-0.15, -0.1) is 0 Å². The van der Waals surface area contributed by atoms with Crippen LogP contribution in [0.15, 0.2) is 23.1 Å². The molecule has 24 heavy (non-hydrogen) atoms. The minimum atomic E-state index is -3.31. The number of piperidine rings is 1. The average molecular weight is 354 g/mol. The molecule has 0 bridgehead atoms. The topological polar surface area (TPSA) is 89.7 Å². The van der Waals surface area contributed by atoms with Crippen molar-refractivity contribution >= 4 is 21.6 Å². The molecule has 0 aromatic heterocycles. The quantitative estimate of drug-likeness (QED) is 0.825. The van der Waals surface area contributed by atoms with E-state index in [9.17, 15) is 13.2 Å². The van der Waals surface area contributed by atoms with Gasteiger partial charge in [-0.2, -0.15) is 0 Å². The van der Waals surface area contributed by atoms with Gasteiger partial charge in [-0.1, -0.05) is 6.07 Å². The average Bonchev–Trinajstić information content (AvgIpc) is 2.44. The SMILES string of the molecule is CC(C)(C)OC(=O)N1CCC(c2ccc(S(C)(=O)=O)c(N)c2)CC1. The molecule has 134 valence electrons. The van der Waals surface area contributed by atoms with E-state index in [1.165, 1.54) is 0 Å². The van der Waals surface area contributed by atoms with Crippen LogP contribution in [0.1, 0.15) is 45.1 Å². The lowest BCUT2D eigenvalue weighted by atomic mass is 9.89. The smallest absolute Gasteiger partial charge is 0.410 e. The Morgan fingerprint density at radius 1 is 1.25 bits per heavy atom. The fraction of sp³-hybridized carbons (Fsp3) is 0.588. The van der Waals surface area contributed by atoms with Crippen molar-refractivity contribution in [3.8, 4) is 0 Å². The summed E-state index contributed by atoms with van der Waals surface area (Å²) in [6.45, 7) is 6.79. The maximum atomic E-state index is 12.1. The molecule has 7 heteroatoms. The van der Waals surface area contributed by atoms with Crippen LogP contribution in [-0.2, 0) is 14.6 Å². The normalized spacial score (nSPS) is 16.9. The number of hydrogen-bond donors (Lipinski definition) is 1. The molecule has 0 spiro atoms. The van der Waals surface area contributed by atoms with Crippen molar-refractivity contribution in [1.82, 2.24) is 4.90 Å². The molecule has 6 nitrogen and oxygen atoms in total. The summed E-state index contributed by atoms with van der Waals surface area (Å²) in [7, 11) is -3.31. The first-order valence-corrected chi connectivity index (χ1v) is 9.94. The van der Waals surface area contributed by atoms with E-state index in [2.05, 4.69) is 0 Å². The van der Waals surface area contributed by atoms with Crippen LogP contribution in [0.4, 0.5) is 10.5 Å². The predicted molar refractivity (Wildman–Crippen MR) is 93.7 cm³/mol. The van der Waals surface area contributed by atoms with Gasteiger partial charge in [0, 0.05) is 19.3 Å². The van der Waals surface area contributed by atoms with E-state index in [4.69, 9.17) is 10.5 Å². The number of hydrogen-bond acceptors (Lipinski definition) is 5. The molecule has 2 rings (SSSR count). The summed E-state index contributed by atoms with van der Waals surface area (Å²) >= 11 is 0. The molecule has 1 aliphatic heterocycles. The number of amides is 1. The Kier molecular flexibility index (Phi) is 5.13. The number of nitrogens with two attached hydrogens (primary N) is 1. The van der Waals surface area contributed by atoms with Gasteiger partial charge in [0.2, 0.25) is 0 Å². The lowest BCUT2D eigenvalue weighted by Crippen LogP contribution is -2.41. The highest BCUT2D eigenvalue weighted by molar-refractivity contribution is 7.90. The van der Waals surface area contributed by atoms with Crippen LogP contribution in [0, 0.1) is 0 Å². The Morgan fingerprint density at radius 3 is 2.29 bits per heavy atom. The van der Waals surface area contributed by atoms with E-state index in [-0.39, 0.29) is 22.6 Å². The third-order valence-electron chi connectivity index (χ3n) is 4.05. The van der Waals surface area contributed by atoms with Crippen molar-refractivity contribution in [3.63, 3.8) is 0 Å². The number of nitrogen functional groups attached to an aromatic ring is 1. The second-order valence-electron chi connectivity index (χ2n) is 7.31. The second-order valence-corrected chi connectivity index (χ2v) is 9.30. The van der Waals surface area contributed by atoms with Gasteiger partial charge < -0.3 is 15.4 Å². The van der Waals surface area contributed by atoms with Crippen LogP contribution in [0.2, 0.25) is 0 Å². The zero-order chi connectivity index (χ0) is 18.1. The second kappa shape index (κ2) is 6.63. The van der Waals surface area contributed by atoms with E-state index in [1.54, 1.807) is 17.0 Å². The predicted octanol–water partition coefficient (Wildman–Crippen LogP) is 2.79. The van der Waals surface area contributed by atoms with Crippen LogP contribution in [0.5, 0.6) is 0 Å². The van der Waals surface area contributed by atoms with Crippen molar-refractivity contribution in [2.75, 3.05) is 25.1 Å². The van der Waals surface area contributed by atoms with Gasteiger partial charge in [0.05, 0.1) is 10.6 Å². The molecule has 0 atom stereocenters. The van der Waals surface area contributed by atoms with Crippen LogP contribution in [0.25, 0.3) is 0 Å². The molecule has 0 unspecified atom stereocenters. The first kappa shape index (κ1) is 18.6. The van der Waals surface area contributed by atoms with Crippen molar-refractivity contribution in [1.29, 1.82) is 0 Å². The number of carbonyl (C=O) groups is 1. The number of ether oxygens (including phenoxy) is 1. The number of nitrogens with zero attached hydrogens (tertiary/aromatic N) is 1. The Labute approximate surface area is 143 Å². The Balaban J connectivity index is 2.03. The van der Waals surface area contributed by atoms with Crippen molar-refractivity contribution in [2.45, 2.75) is 50.0 Å². The van der Waals surface area contributed by atoms with Crippen molar-refractivity contribution in [2.24, 2.45) is 0 Å². The number of likely N-dealkylation sites (tertiary alicyclic amines) is 1. The first-order chi connectivity index (χ1) is 11.0. The number of benzene rings is 1. The third-order valence-corrected chi connectivity index (χ3v) is 5.22. The zero-order valence-corrected chi connectivity index (χ0v) is 15.5. The van der Waals surface area contributed by atoms with Crippen molar-refractivity contribution < 1.29 is 17.9 Å². The highest BCUT2D eigenvalue weighted by Crippen LogP contribution is 2.31. The van der Waals surface area contributed by atoms with Gasteiger partial charge >= 0.3 is 6.09 Å². The lowest BCUT2D eigenvalue weighted by molar-refractivity contribution is 0.0205. The maximum absolute atomic E-state index is 12.1. The molecule has 2 N–H and O–H groups in total. The molecule has 1 fully saturated rings. The van der Waals surface area contributed by atoms with Crippen LogP contribution < -0.4 is 5.73 Å². The van der Waals surface area contributed by atoms with Gasteiger partial charge in [0.15, 0.2) is 9.84 Å². The fourth-order valence-electron chi connectivity index (χ4n) is 2.88. The van der Waals surface area contributed by atoms with E-state index in [1.807, 2.05) is 26.8 Å².